The molecule has 130 valence electrons. The maximum atomic E-state index is 12.6. The minimum Gasteiger partial charge on any atom is -0.378 e. The van der Waals surface area contributed by atoms with E-state index in [0.717, 1.165) is 6.42 Å². The first-order chi connectivity index (χ1) is 11.4. The molecule has 3 rings (SSSR count). The first-order valence-corrected chi connectivity index (χ1v) is 9.48. The van der Waals surface area contributed by atoms with E-state index in [4.69, 9.17) is 4.74 Å². The van der Waals surface area contributed by atoms with Crippen molar-refractivity contribution in [2.45, 2.75) is 25.2 Å². The molecule has 2 aliphatic heterocycles. The molecule has 0 bridgehead atoms. The fraction of sp³-hybridized carbons (Fsp3) is 0.500. The summed E-state index contributed by atoms with van der Waals surface area (Å²) in [6.45, 7) is 6.42. The van der Waals surface area contributed by atoms with E-state index in [2.05, 4.69) is 4.40 Å². The highest BCUT2D eigenvalue weighted by Gasteiger charge is 2.30. The van der Waals surface area contributed by atoms with Crippen molar-refractivity contribution in [3.05, 3.63) is 23.8 Å². The summed E-state index contributed by atoms with van der Waals surface area (Å²) in [7, 11) is -3.78. The summed E-state index contributed by atoms with van der Waals surface area (Å²) < 4.78 is 33.9. The molecule has 0 radical (unpaired) electrons. The zero-order valence-electron chi connectivity index (χ0n) is 13.9. The van der Waals surface area contributed by atoms with Crippen LogP contribution in [0, 0.1) is 0 Å². The van der Waals surface area contributed by atoms with Gasteiger partial charge in [0.15, 0.2) is 0 Å². The van der Waals surface area contributed by atoms with Crippen LogP contribution in [0.2, 0.25) is 0 Å². The van der Waals surface area contributed by atoms with Gasteiger partial charge in [-0.25, -0.2) is 0 Å². The number of carbonyl (C=O) groups excluding carboxylic acids is 1. The van der Waals surface area contributed by atoms with Gasteiger partial charge in [-0.2, -0.15) is 8.42 Å². The molecule has 24 heavy (non-hydrogen) atoms. The fourth-order valence-electron chi connectivity index (χ4n) is 2.98. The number of fused-ring (bicyclic) bond motifs is 1. The molecule has 1 saturated heterocycles. The lowest BCUT2D eigenvalue weighted by Gasteiger charge is -2.30. The lowest BCUT2D eigenvalue weighted by molar-refractivity contribution is 0.0302. The highest BCUT2D eigenvalue weighted by Crippen LogP contribution is 2.33. The first kappa shape index (κ1) is 16.9. The largest absolute Gasteiger partial charge is 0.378 e. The van der Waals surface area contributed by atoms with Gasteiger partial charge in [-0.1, -0.05) is 6.92 Å². The number of anilines is 1. The quantitative estimate of drug-likeness (QED) is 0.824. The summed E-state index contributed by atoms with van der Waals surface area (Å²) in [5.74, 6) is 0.279. The van der Waals surface area contributed by atoms with Crippen LogP contribution in [0.5, 0.6) is 0 Å². The second-order valence-corrected chi connectivity index (χ2v) is 7.42. The van der Waals surface area contributed by atoms with Crippen LogP contribution >= 0.6 is 0 Å². The van der Waals surface area contributed by atoms with Crippen molar-refractivity contribution in [3.8, 4) is 0 Å². The van der Waals surface area contributed by atoms with Gasteiger partial charge in [0.2, 0.25) is 0 Å². The molecule has 8 heteroatoms. The van der Waals surface area contributed by atoms with Crippen LogP contribution in [-0.2, 0) is 14.8 Å². The molecule has 1 amide bonds. The summed E-state index contributed by atoms with van der Waals surface area (Å²) >= 11 is 0. The van der Waals surface area contributed by atoms with Gasteiger partial charge in [0.1, 0.15) is 10.7 Å². The van der Waals surface area contributed by atoms with Gasteiger partial charge in [-0.3, -0.25) is 4.79 Å². The third kappa shape index (κ3) is 3.03. The Kier molecular flexibility index (Phi) is 4.60. The average Bonchev–Trinajstić information content (AvgIpc) is 2.58. The van der Waals surface area contributed by atoms with Crippen LogP contribution in [0.15, 0.2) is 27.5 Å². The van der Waals surface area contributed by atoms with Crippen molar-refractivity contribution in [1.82, 2.24) is 4.90 Å². The Morgan fingerprint density at radius 1 is 1.29 bits per heavy atom. The molecule has 7 nitrogen and oxygen atoms in total. The summed E-state index contributed by atoms with van der Waals surface area (Å²) in [4.78, 5) is 16.2. The molecule has 0 aliphatic carbocycles. The normalized spacial score (nSPS) is 19.7. The van der Waals surface area contributed by atoms with Crippen molar-refractivity contribution in [1.29, 1.82) is 0 Å². The van der Waals surface area contributed by atoms with E-state index in [-0.39, 0.29) is 10.8 Å². The number of amides is 1. The Labute approximate surface area is 142 Å². The number of rotatable bonds is 3. The predicted octanol–water partition coefficient (Wildman–Crippen LogP) is 1.50. The number of carbonyl (C=O) groups is 1. The monoisotopic (exact) mass is 351 g/mol. The third-order valence-electron chi connectivity index (χ3n) is 4.16. The SMILES string of the molecule is CCCN1C(C)=NS(=O)(=O)c2cc(C(=O)N3CCOCC3)ccc21. The number of amidine groups is 1. The smallest absolute Gasteiger partial charge is 0.286 e. The average molecular weight is 351 g/mol. The van der Waals surface area contributed by atoms with E-state index < -0.39 is 10.0 Å². The molecule has 0 aromatic heterocycles. The fourth-order valence-corrected chi connectivity index (χ4v) is 4.24. The van der Waals surface area contributed by atoms with Crippen molar-refractivity contribution >= 4 is 27.5 Å². The highest BCUT2D eigenvalue weighted by molar-refractivity contribution is 7.90. The zero-order chi connectivity index (χ0) is 17.3. The zero-order valence-corrected chi connectivity index (χ0v) is 14.7. The first-order valence-electron chi connectivity index (χ1n) is 8.04. The predicted molar refractivity (Wildman–Crippen MR) is 91.1 cm³/mol. The van der Waals surface area contributed by atoms with Crippen LogP contribution in [-0.4, -0.2) is 57.9 Å². The van der Waals surface area contributed by atoms with Crippen molar-refractivity contribution in [2.75, 3.05) is 37.7 Å². The maximum Gasteiger partial charge on any atom is 0.286 e. The molecular formula is C16H21N3O4S. The molecule has 1 aromatic rings. The third-order valence-corrected chi connectivity index (χ3v) is 5.55. The lowest BCUT2D eigenvalue weighted by Crippen LogP contribution is -2.41. The highest BCUT2D eigenvalue weighted by atomic mass is 32.2. The van der Waals surface area contributed by atoms with Gasteiger partial charge in [0.25, 0.3) is 15.9 Å². The Balaban J connectivity index is 2.00. The molecule has 0 saturated carbocycles. The second kappa shape index (κ2) is 6.52. The van der Waals surface area contributed by atoms with E-state index >= 15 is 0 Å². The van der Waals surface area contributed by atoms with Gasteiger partial charge < -0.3 is 14.5 Å². The summed E-state index contributed by atoms with van der Waals surface area (Å²) in [6.07, 6.45) is 0.862. The summed E-state index contributed by atoms with van der Waals surface area (Å²) in [5, 5.41) is 0. The van der Waals surface area contributed by atoms with E-state index in [0.29, 0.717) is 49.9 Å². The van der Waals surface area contributed by atoms with Gasteiger partial charge in [-0.15, -0.1) is 4.40 Å². The number of ether oxygens (including phenoxy) is 1. The van der Waals surface area contributed by atoms with E-state index in [1.165, 1.54) is 6.07 Å². The van der Waals surface area contributed by atoms with Crippen LogP contribution in [0.25, 0.3) is 0 Å². The van der Waals surface area contributed by atoms with Gasteiger partial charge >= 0.3 is 0 Å². The Morgan fingerprint density at radius 3 is 2.67 bits per heavy atom. The molecule has 1 fully saturated rings. The molecule has 2 aliphatic rings. The number of morpholine rings is 1. The Hall–Kier alpha value is -1.93. The summed E-state index contributed by atoms with van der Waals surface area (Å²) in [5.41, 5.74) is 0.952. The Morgan fingerprint density at radius 2 is 2.00 bits per heavy atom. The molecule has 0 N–H and O–H groups in total. The number of hydrogen-bond acceptors (Lipinski definition) is 5. The van der Waals surface area contributed by atoms with Crippen molar-refractivity contribution in [2.24, 2.45) is 4.40 Å². The molecule has 1 aromatic carbocycles. The van der Waals surface area contributed by atoms with Crippen LogP contribution in [0.1, 0.15) is 30.6 Å². The number of benzene rings is 1. The topological polar surface area (TPSA) is 79.3 Å². The lowest BCUT2D eigenvalue weighted by atomic mass is 10.1. The van der Waals surface area contributed by atoms with Crippen LogP contribution in [0.4, 0.5) is 5.69 Å². The minimum atomic E-state index is -3.78. The van der Waals surface area contributed by atoms with Crippen LogP contribution < -0.4 is 4.90 Å². The van der Waals surface area contributed by atoms with Gasteiger partial charge in [0.05, 0.1) is 18.9 Å². The minimum absolute atomic E-state index is 0.0978. The number of nitrogens with zero attached hydrogens (tertiary/aromatic N) is 3. The molecule has 2 heterocycles. The van der Waals surface area contributed by atoms with E-state index in [1.807, 2.05) is 11.8 Å². The second-order valence-electron chi connectivity index (χ2n) is 5.85. The van der Waals surface area contributed by atoms with Crippen molar-refractivity contribution < 1.29 is 17.9 Å². The van der Waals surface area contributed by atoms with E-state index in [9.17, 15) is 13.2 Å². The molecule has 0 atom stereocenters. The molecule has 0 spiro atoms. The molecule has 0 unspecified atom stereocenters. The van der Waals surface area contributed by atoms with Gasteiger partial charge in [-0.05, 0) is 31.5 Å². The summed E-state index contributed by atoms with van der Waals surface area (Å²) in [6, 6.07) is 4.84. The molecular weight excluding hydrogens is 330 g/mol. The maximum absolute atomic E-state index is 12.6. The standard InChI is InChI=1S/C16H21N3O4S/c1-3-6-19-12(2)17-24(21,22)15-11-13(4-5-14(15)19)16(20)18-7-9-23-10-8-18/h4-5,11H,3,6-10H2,1-2H3. The van der Waals surface area contributed by atoms with Crippen molar-refractivity contribution in [3.63, 3.8) is 0 Å². The van der Waals surface area contributed by atoms with Crippen LogP contribution in [0.3, 0.4) is 0 Å². The van der Waals surface area contributed by atoms with Gasteiger partial charge in [0, 0.05) is 25.2 Å². The number of hydrogen-bond donors (Lipinski definition) is 0. The Bertz CT molecular complexity index is 783. The van der Waals surface area contributed by atoms with E-state index in [1.54, 1.807) is 24.0 Å². The number of sulfonamides is 1.